The molecule has 1 fully saturated rings. The monoisotopic (exact) mass is 450 g/mol. The lowest BCUT2D eigenvalue weighted by atomic mass is 10.1. The molecule has 31 heavy (non-hydrogen) atoms. The molecule has 8 heteroatoms. The van der Waals surface area contributed by atoms with Crippen molar-refractivity contribution in [3.8, 4) is 0 Å². The second kappa shape index (κ2) is 7.19. The average molecular weight is 451 g/mol. The lowest BCUT2D eigenvalue weighted by Crippen LogP contribution is -2.49. The number of hydrogen-bond donors (Lipinski definition) is 0. The van der Waals surface area contributed by atoms with Gasteiger partial charge in [0.15, 0.2) is 0 Å². The van der Waals surface area contributed by atoms with Crippen molar-refractivity contribution >= 4 is 53.9 Å². The van der Waals surface area contributed by atoms with E-state index < -0.39 is 10.0 Å². The van der Waals surface area contributed by atoms with Crippen LogP contribution in [0.5, 0.6) is 0 Å². The first-order valence-corrected chi connectivity index (χ1v) is 12.7. The second-order valence-electron chi connectivity index (χ2n) is 8.04. The summed E-state index contributed by atoms with van der Waals surface area (Å²) in [6.07, 6.45) is 0. The number of aromatic nitrogens is 1. The maximum absolute atomic E-state index is 13.2. The van der Waals surface area contributed by atoms with Crippen LogP contribution in [0.2, 0.25) is 0 Å². The van der Waals surface area contributed by atoms with Crippen LogP contribution in [-0.2, 0) is 10.0 Å². The summed E-state index contributed by atoms with van der Waals surface area (Å²) < 4.78 is 33.8. The summed E-state index contributed by atoms with van der Waals surface area (Å²) in [6, 6.07) is 19.7. The fourth-order valence-corrected chi connectivity index (χ4v) is 7.21. The van der Waals surface area contributed by atoms with Crippen LogP contribution >= 0.6 is 11.5 Å². The maximum atomic E-state index is 13.2. The van der Waals surface area contributed by atoms with Gasteiger partial charge in [-0.3, -0.25) is 9.21 Å². The van der Waals surface area contributed by atoms with Gasteiger partial charge in [0, 0.05) is 50.0 Å². The number of nitrogens with zero attached hydrogens (tertiary/aromatic N) is 4. The molecule has 0 atom stereocenters. The quantitative estimate of drug-likeness (QED) is 0.474. The predicted octanol–water partition coefficient (Wildman–Crippen LogP) is 3.78. The standard InChI is InChI=1S/C23H22N4O2S2/c28-31(29)21-10-4-6-17-5-3-8-19(22(17)21)27(31)16-13-25-11-14-26(15-12-25)23-18-7-1-2-9-20(18)30-24-23/h1-10H,11-16H2. The molecule has 0 N–H and O–H groups in total. The molecular formula is C23H22N4O2S2. The van der Waals surface area contributed by atoms with E-state index in [1.54, 1.807) is 21.9 Å². The van der Waals surface area contributed by atoms with Crippen LogP contribution in [0, 0.1) is 0 Å². The van der Waals surface area contributed by atoms with Crippen molar-refractivity contribution in [2.24, 2.45) is 0 Å². The van der Waals surface area contributed by atoms with Gasteiger partial charge < -0.3 is 4.90 Å². The Balaban J connectivity index is 1.16. The molecule has 158 valence electrons. The van der Waals surface area contributed by atoms with Crippen molar-refractivity contribution in [1.29, 1.82) is 0 Å². The third-order valence-electron chi connectivity index (χ3n) is 6.33. The summed E-state index contributed by atoms with van der Waals surface area (Å²) in [6.45, 7) is 4.78. The minimum atomic E-state index is -3.48. The Hall–Kier alpha value is -2.68. The summed E-state index contributed by atoms with van der Waals surface area (Å²) in [5.41, 5.74) is 0.806. The molecule has 0 bridgehead atoms. The highest BCUT2D eigenvalue weighted by Crippen LogP contribution is 2.41. The van der Waals surface area contributed by atoms with Gasteiger partial charge in [0.25, 0.3) is 10.0 Å². The second-order valence-corrected chi connectivity index (χ2v) is 10.7. The molecule has 6 rings (SSSR count). The van der Waals surface area contributed by atoms with Crippen molar-refractivity contribution in [2.45, 2.75) is 4.90 Å². The van der Waals surface area contributed by atoms with E-state index in [9.17, 15) is 8.42 Å². The van der Waals surface area contributed by atoms with Gasteiger partial charge in [-0.15, -0.1) is 0 Å². The third kappa shape index (κ3) is 3.01. The van der Waals surface area contributed by atoms with Crippen LogP contribution < -0.4 is 9.21 Å². The van der Waals surface area contributed by atoms with Crippen molar-refractivity contribution < 1.29 is 8.42 Å². The van der Waals surface area contributed by atoms with Crippen molar-refractivity contribution in [3.63, 3.8) is 0 Å². The summed E-state index contributed by atoms with van der Waals surface area (Å²) in [4.78, 5) is 5.13. The molecule has 0 unspecified atom stereocenters. The Kier molecular flexibility index (Phi) is 4.41. The Labute approximate surface area is 185 Å². The first kappa shape index (κ1) is 19.0. The molecule has 4 aromatic rings. The highest BCUT2D eigenvalue weighted by Gasteiger charge is 2.35. The van der Waals surface area contributed by atoms with Crippen LogP contribution in [0.3, 0.4) is 0 Å². The average Bonchev–Trinajstić information content (AvgIpc) is 3.32. The SMILES string of the molecule is O=S1(=O)c2cccc3cccc(c23)N1CCN1CCN(c2nsc3ccccc23)CC1. The van der Waals surface area contributed by atoms with Crippen molar-refractivity contribution in [1.82, 2.24) is 9.27 Å². The van der Waals surface area contributed by atoms with E-state index in [2.05, 4.69) is 32.4 Å². The van der Waals surface area contributed by atoms with E-state index >= 15 is 0 Å². The van der Waals surface area contributed by atoms with E-state index in [1.807, 2.05) is 36.4 Å². The minimum Gasteiger partial charge on any atom is -0.353 e. The lowest BCUT2D eigenvalue weighted by molar-refractivity contribution is 0.265. The summed E-state index contributed by atoms with van der Waals surface area (Å²) in [5, 5.41) is 3.05. The zero-order valence-electron chi connectivity index (χ0n) is 16.9. The Bertz CT molecular complexity index is 1390. The molecule has 1 aromatic heterocycles. The summed E-state index contributed by atoms with van der Waals surface area (Å²) in [7, 11) is -3.48. The summed E-state index contributed by atoms with van der Waals surface area (Å²) >= 11 is 1.55. The van der Waals surface area contributed by atoms with Gasteiger partial charge in [0.1, 0.15) is 5.82 Å². The Morgan fingerprint density at radius 1 is 0.871 bits per heavy atom. The van der Waals surface area contributed by atoms with E-state index in [0.29, 0.717) is 11.4 Å². The van der Waals surface area contributed by atoms with Gasteiger partial charge in [-0.1, -0.05) is 36.4 Å². The number of fused-ring (bicyclic) bond motifs is 1. The number of benzene rings is 3. The van der Waals surface area contributed by atoms with E-state index in [1.165, 1.54) is 10.1 Å². The van der Waals surface area contributed by atoms with Crippen LogP contribution in [-0.4, -0.2) is 57.0 Å². The van der Waals surface area contributed by atoms with Gasteiger partial charge in [0.2, 0.25) is 0 Å². The van der Waals surface area contributed by atoms with Crippen LogP contribution in [0.15, 0.2) is 65.6 Å². The van der Waals surface area contributed by atoms with Gasteiger partial charge in [-0.25, -0.2) is 8.42 Å². The molecule has 0 aliphatic carbocycles. The topological polar surface area (TPSA) is 56.8 Å². The minimum absolute atomic E-state index is 0.431. The lowest BCUT2D eigenvalue weighted by Gasteiger charge is -2.35. The molecule has 0 spiro atoms. The number of hydrogen-bond acceptors (Lipinski definition) is 6. The summed E-state index contributed by atoms with van der Waals surface area (Å²) in [5.74, 6) is 1.07. The molecule has 1 saturated heterocycles. The van der Waals surface area contributed by atoms with Crippen molar-refractivity contribution in [2.75, 3.05) is 48.5 Å². The molecule has 6 nitrogen and oxygen atoms in total. The molecule has 3 aromatic carbocycles. The zero-order valence-corrected chi connectivity index (χ0v) is 18.6. The molecule has 0 saturated carbocycles. The first-order chi connectivity index (χ1) is 15.1. The first-order valence-electron chi connectivity index (χ1n) is 10.5. The highest BCUT2D eigenvalue weighted by atomic mass is 32.2. The van der Waals surface area contributed by atoms with Gasteiger partial charge in [0.05, 0.1) is 15.3 Å². The molecule has 3 heterocycles. The molecule has 0 radical (unpaired) electrons. The largest absolute Gasteiger partial charge is 0.353 e. The third-order valence-corrected chi connectivity index (χ3v) is 9.00. The Morgan fingerprint density at radius 3 is 2.48 bits per heavy atom. The number of anilines is 2. The van der Waals surface area contributed by atoms with Gasteiger partial charge >= 0.3 is 0 Å². The maximum Gasteiger partial charge on any atom is 0.265 e. The number of piperazine rings is 1. The Morgan fingerprint density at radius 2 is 1.65 bits per heavy atom. The van der Waals surface area contributed by atoms with Crippen molar-refractivity contribution in [3.05, 3.63) is 60.7 Å². The fraction of sp³-hybridized carbons (Fsp3) is 0.261. The van der Waals surface area contributed by atoms with E-state index in [-0.39, 0.29) is 0 Å². The van der Waals surface area contributed by atoms with E-state index in [0.717, 1.165) is 55.0 Å². The van der Waals surface area contributed by atoms with Crippen LogP contribution in [0.1, 0.15) is 0 Å². The molecule has 2 aliphatic rings. The van der Waals surface area contributed by atoms with E-state index in [4.69, 9.17) is 0 Å². The number of sulfonamides is 1. The van der Waals surface area contributed by atoms with Gasteiger partial charge in [-0.05, 0) is 41.2 Å². The number of rotatable bonds is 4. The van der Waals surface area contributed by atoms with Crippen LogP contribution in [0.4, 0.5) is 11.5 Å². The fourth-order valence-electron chi connectivity index (χ4n) is 4.72. The normalized spacial score (nSPS) is 18.3. The molecule has 2 aliphatic heterocycles. The van der Waals surface area contributed by atoms with Gasteiger partial charge in [-0.2, -0.15) is 4.37 Å². The molecule has 0 amide bonds. The highest BCUT2D eigenvalue weighted by molar-refractivity contribution is 7.93. The van der Waals surface area contributed by atoms with Crippen LogP contribution in [0.25, 0.3) is 20.9 Å². The molecular weight excluding hydrogens is 428 g/mol. The predicted molar refractivity (Wildman–Crippen MR) is 127 cm³/mol. The smallest absolute Gasteiger partial charge is 0.265 e. The zero-order chi connectivity index (χ0) is 21.0.